The molecule has 3 heteroatoms. The van der Waals surface area contributed by atoms with Crippen LogP contribution in [0.5, 0.6) is 0 Å². The standard InChI is InChI=1S/C17H19N3/c1-12-5-7-15(8-6-12)11-20(4)17-9-13(2)19-14(3)16(17)10-18/h5-9H,11H2,1-4H3. The molecule has 0 saturated carbocycles. The van der Waals surface area contributed by atoms with Crippen LogP contribution in [0.2, 0.25) is 0 Å². The number of nitriles is 1. The molecule has 0 radical (unpaired) electrons. The van der Waals surface area contributed by atoms with E-state index < -0.39 is 0 Å². The van der Waals surface area contributed by atoms with Crippen LogP contribution in [-0.2, 0) is 6.54 Å². The van der Waals surface area contributed by atoms with Gasteiger partial charge < -0.3 is 4.90 Å². The number of hydrogen-bond acceptors (Lipinski definition) is 3. The highest BCUT2D eigenvalue weighted by atomic mass is 15.1. The third-order valence-electron chi connectivity index (χ3n) is 3.37. The van der Waals surface area contributed by atoms with Crippen LogP contribution in [0, 0.1) is 32.1 Å². The van der Waals surface area contributed by atoms with Crippen molar-refractivity contribution in [2.45, 2.75) is 27.3 Å². The molecule has 0 aliphatic heterocycles. The van der Waals surface area contributed by atoms with E-state index in [0.717, 1.165) is 23.6 Å². The van der Waals surface area contributed by atoms with Gasteiger partial charge in [0, 0.05) is 19.3 Å². The minimum Gasteiger partial charge on any atom is -0.369 e. The largest absolute Gasteiger partial charge is 0.369 e. The minimum absolute atomic E-state index is 0.658. The first kappa shape index (κ1) is 14.1. The van der Waals surface area contributed by atoms with Crippen LogP contribution in [0.25, 0.3) is 0 Å². The highest BCUT2D eigenvalue weighted by Crippen LogP contribution is 2.23. The van der Waals surface area contributed by atoms with Crippen LogP contribution >= 0.6 is 0 Å². The van der Waals surface area contributed by atoms with Crippen LogP contribution in [0.15, 0.2) is 30.3 Å². The molecule has 2 aromatic rings. The monoisotopic (exact) mass is 265 g/mol. The fraction of sp³-hybridized carbons (Fsp3) is 0.294. The summed E-state index contributed by atoms with van der Waals surface area (Å²) < 4.78 is 0. The summed E-state index contributed by atoms with van der Waals surface area (Å²) >= 11 is 0. The zero-order chi connectivity index (χ0) is 14.7. The zero-order valence-corrected chi connectivity index (χ0v) is 12.4. The summed E-state index contributed by atoms with van der Waals surface area (Å²) in [6.07, 6.45) is 0. The molecule has 1 aromatic carbocycles. The molecule has 3 nitrogen and oxygen atoms in total. The van der Waals surface area contributed by atoms with Crippen LogP contribution in [0.4, 0.5) is 5.69 Å². The molecule has 0 bridgehead atoms. The number of benzene rings is 1. The van der Waals surface area contributed by atoms with E-state index in [-0.39, 0.29) is 0 Å². The third kappa shape index (κ3) is 2.97. The first-order valence-corrected chi connectivity index (χ1v) is 6.66. The fourth-order valence-electron chi connectivity index (χ4n) is 2.30. The van der Waals surface area contributed by atoms with E-state index in [9.17, 15) is 5.26 Å². The Kier molecular flexibility index (Phi) is 4.05. The molecule has 0 aliphatic rings. The topological polar surface area (TPSA) is 39.9 Å². The average Bonchev–Trinajstić information content (AvgIpc) is 2.40. The lowest BCUT2D eigenvalue weighted by Gasteiger charge is -2.22. The van der Waals surface area contributed by atoms with Gasteiger partial charge in [-0.25, -0.2) is 0 Å². The summed E-state index contributed by atoms with van der Waals surface area (Å²) in [5.74, 6) is 0. The summed E-state index contributed by atoms with van der Waals surface area (Å²) in [4.78, 5) is 6.46. The molecule has 1 heterocycles. The highest BCUT2D eigenvalue weighted by Gasteiger charge is 2.12. The quantitative estimate of drug-likeness (QED) is 0.852. The number of nitrogens with zero attached hydrogens (tertiary/aromatic N) is 3. The Labute approximate surface area is 120 Å². The summed E-state index contributed by atoms with van der Waals surface area (Å²) in [6, 6.07) is 12.7. The smallest absolute Gasteiger partial charge is 0.103 e. The van der Waals surface area contributed by atoms with Crippen molar-refractivity contribution in [1.29, 1.82) is 5.26 Å². The van der Waals surface area contributed by atoms with Crippen molar-refractivity contribution in [3.05, 3.63) is 58.4 Å². The summed E-state index contributed by atoms with van der Waals surface area (Å²) in [5, 5.41) is 9.32. The number of rotatable bonds is 3. The minimum atomic E-state index is 0.658. The molecule has 0 N–H and O–H groups in total. The van der Waals surface area contributed by atoms with Crippen molar-refractivity contribution < 1.29 is 0 Å². The second kappa shape index (κ2) is 5.75. The van der Waals surface area contributed by atoms with Crippen LogP contribution in [-0.4, -0.2) is 12.0 Å². The lowest BCUT2D eigenvalue weighted by molar-refractivity contribution is 0.910. The molecule has 0 spiro atoms. The maximum absolute atomic E-state index is 9.32. The van der Waals surface area contributed by atoms with Crippen molar-refractivity contribution in [2.75, 3.05) is 11.9 Å². The molecule has 20 heavy (non-hydrogen) atoms. The van der Waals surface area contributed by atoms with E-state index in [1.54, 1.807) is 0 Å². The van der Waals surface area contributed by atoms with Gasteiger partial charge in [-0.3, -0.25) is 4.98 Å². The fourth-order valence-corrected chi connectivity index (χ4v) is 2.30. The number of hydrogen-bond donors (Lipinski definition) is 0. The molecule has 0 aliphatic carbocycles. The Morgan fingerprint density at radius 2 is 1.80 bits per heavy atom. The molecule has 1 aromatic heterocycles. The molecule has 0 fully saturated rings. The molecular weight excluding hydrogens is 246 g/mol. The predicted molar refractivity (Wildman–Crippen MR) is 81.7 cm³/mol. The van der Waals surface area contributed by atoms with E-state index in [2.05, 4.69) is 47.1 Å². The van der Waals surface area contributed by atoms with E-state index >= 15 is 0 Å². The number of pyridine rings is 1. The third-order valence-corrected chi connectivity index (χ3v) is 3.37. The number of anilines is 1. The summed E-state index contributed by atoms with van der Waals surface area (Å²) in [5.41, 5.74) is 5.81. The lowest BCUT2D eigenvalue weighted by atomic mass is 10.1. The first-order valence-electron chi connectivity index (χ1n) is 6.66. The van der Waals surface area contributed by atoms with Gasteiger partial charge in [0.05, 0.1) is 16.9 Å². The Bertz CT molecular complexity index is 651. The molecule has 0 amide bonds. The van der Waals surface area contributed by atoms with Gasteiger partial charge in [0.25, 0.3) is 0 Å². The van der Waals surface area contributed by atoms with Gasteiger partial charge in [0.15, 0.2) is 0 Å². The average molecular weight is 265 g/mol. The normalized spacial score (nSPS) is 10.2. The molecule has 0 unspecified atom stereocenters. The molecule has 0 saturated heterocycles. The van der Waals surface area contributed by atoms with Gasteiger partial charge in [0.2, 0.25) is 0 Å². The second-order valence-electron chi connectivity index (χ2n) is 5.20. The van der Waals surface area contributed by atoms with Crippen LogP contribution in [0.3, 0.4) is 0 Å². The molecule has 102 valence electrons. The van der Waals surface area contributed by atoms with Gasteiger partial charge in [-0.1, -0.05) is 29.8 Å². The predicted octanol–water partition coefficient (Wildman–Crippen LogP) is 3.51. The molecule has 2 rings (SSSR count). The van der Waals surface area contributed by atoms with Crippen LogP contribution in [0.1, 0.15) is 28.1 Å². The van der Waals surface area contributed by atoms with Crippen molar-refractivity contribution in [3.8, 4) is 6.07 Å². The van der Waals surface area contributed by atoms with E-state index in [0.29, 0.717) is 5.56 Å². The van der Waals surface area contributed by atoms with Gasteiger partial charge in [-0.2, -0.15) is 5.26 Å². The maximum Gasteiger partial charge on any atom is 0.103 e. The van der Waals surface area contributed by atoms with E-state index in [1.165, 1.54) is 11.1 Å². The maximum atomic E-state index is 9.32. The number of aryl methyl sites for hydroxylation is 3. The number of aromatic nitrogens is 1. The Morgan fingerprint density at radius 3 is 2.40 bits per heavy atom. The van der Waals surface area contributed by atoms with Gasteiger partial charge in [-0.05, 0) is 32.4 Å². The van der Waals surface area contributed by atoms with Gasteiger partial charge >= 0.3 is 0 Å². The first-order chi connectivity index (χ1) is 9.51. The summed E-state index contributed by atoms with van der Waals surface area (Å²) in [7, 11) is 2.01. The van der Waals surface area contributed by atoms with Crippen LogP contribution < -0.4 is 4.90 Å². The zero-order valence-electron chi connectivity index (χ0n) is 12.4. The second-order valence-corrected chi connectivity index (χ2v) is 5.20. The lowest BCUT2D eigenvalue weighted by Crippen LogP contribution is -2.18. The Hall–Kier alpha value is -2.34. The Morgan fingerprint density at radius 1 is 1.15 bits per heavy atom. The van der Waals surface area contributed by atoms with Crippen molar-refractivity contribution in [2.24, 2.45) is 0 Å². The van der Waals surface area contributed by atoms with Gasteiger partial charge in [0.1, 0.15) is 6.07 Å². The molecular formula is C17H19N3. The van der Waals surface area contributed by atoms with Gasteiger partial charge in [-0.15, -0.1) is 0 Å². The van der Waals surface area contributed by atoms with Crippen molar-refractivity contribution in [1.82, 2.24) is 4.98 Å². The summed E-state index contributed by atoms with van der Waals surface area (Å²) in [6.45, 7) is 6.70. The SMILES string of the molecule is Cc1ccc(CN(C)c2cc(C)nc(C)c2C#N)cc1. The van der Waals surface area contributed by atoms with Crippen molar-refractivity contribution >= 4 is 5.69 Å². The van der Waals surface area contributed by atoms with E-state index in [1.807, 2.05) is 27.0 Å². The van der Waals surface area contributed by atoms with E-state index in [4.69, 9.17) is 0 Å². The molecule has 0 atom stereocenters. The van der Waals surface area contributed by atoms with Crippen molar-refractivity contribution in [3.63, 3.8) is 0 Å². The highest BCUT2D eigenvalue weighted by molar-refractivity contribution is 5.61. The Balaban J connectivity index is 2.32.